The van der Waals surface area contributed by atoms with E-state index in [4.69, 9.17) is 4.74 Å². The Balaban J connectivity index is 1.67. The SMILES string of the molecule is COc1cncc(-c2ccc3nc(-c4cccnc4)nc(Nc4ccc(F)c(F)c4)c3c2)c1. The Morgan fingerprint density at radius 2 is 1.67 bits per heavy atom. The van der Waals surface area contributed by atoms with Gasteiger partial charge in [0.2, 0.25) is 0 Å². The summed E-state index contributed by atoms with van der Waals surface area (Å²) < 4.78 is 32.5. The monoisotopic (exact) mass is 441 g/mol. The molecule has 5 rings (SSSR count). The second-order valence-electron chi connectivity index (χ2n) is 7.24. The van der Waals surface area contributed by atoms with E-state index in [0.29, 0.717) is 34.0 Å². The molecule has 0 atom stereocenters. The normalized spacial score (nSPS) is 10.9. The van der Waals surface area contributed by atoms with Crippen molar-refractivity contribution in [3.63, 3.8) is 0 Å². The summed E-state index contributed by atoms with van der Waals surface area (Å²) in [4.78, 5) is 17.7. The first-order chi connectivity index (χ1) is 16.1. The summed E-state index contributed by atoms with van der Waals surface area (Å²) in [5, 5.41) is 3.81. The van der Waals surface area contributed by atoms with E-state index in [2.05, 4.69) is 25.3 Å². The van der Waals surface area contributed by atoms with Gasteiger partial charge < -0.3 is 10.1 Å². The third-order valence-corrected chi connectivity index (χ3v) is 5.08. The number of benzene rings is 2. The van der Waals surface area contributed by atoms with Gasteiger partial charge in [0, 0.05) is 46.9 Å². The number of halogens is 2. The average Bonchev–Trinajstić information content (AvgIpc) is 2.86. The molecule has 3 heterocycles. The van der Waals surface area contributed by atoms with Crippen molar-refractivity contribution in [2.75, 3.05) is 12.4 Å². The van der Waals surface area contributed by atoms with Crippen molar-refractivity contribution in [1.82, 2.24) is 19.9 Å². The zero-order chi connectivity index (χ0) is 22.8. The van der Waals surface area contributed by atoms with Gasteiger partial charge in [0.15, 0.2) is 17.5 Å². The molecule has 0 aliphatic rings. The van der Waals surface area contributed by atoms with Gasteiger partial charge >= 0.3 is 0 Å². The number of hydrogen-bond donors (Lipinski definition) is 1. The molecular weight excluding hydrogens is 424 g/mol. The number of aromatic nitrogens is 4. The summed E-state index contributed by atoms with van der Waals surface area (Å²) in [6.07, 6.45) is 6.69. The highest BCUT2D eigenvalue weighted by Crippen LogP contribution is 2.32. The average molecular weight is 441 g/mol. The van der Waals surface area contributed by atoms with Crippen molar-refractivity contribution in [3.8, 4) is 28.3 Å². The minimum absolute atomic E-state index is 0.361. The number of hydrogen-bond acceptors (Lipinski definition) is 6. The maximum Gasteiger partial charge on any atom is 0.163 e. The number of methoxy groups -OCH3 is 1. The van der Waals surface area contributed by atoms with Crippen LogP contribution >= 0.6 is 0 Å². The molecule has 162 valence electrons. The number of pyridine rings is 2. The van der Waals surface area contributed by atoms with Crippen molar-refractivity contribution in [2.24, 2.45) is 0 Å². The molecule has 6 nitrogen and oxygen atoms in total. The fourth-order valence-electron chi connectivity index (χ4n) is 3.43. The predicted molar refractivity (Wildman–Crippen MR) is 122 cm³/mol. The van der Waals surface area contributed by atoms with Crippen molar-refractivity contribution in [3.05, 3.63) is 91.0 Å². The molecule has 33 heavy (non-hydrogen) atoms. The topological polar surface area (TPSA) is 72.8 Å². The highest BCUT2D eigenvalue weighted by atomic mass is 19.2. The van der Waals surface area contributed by atoms with Crippen LogP contribution in [-0.4, -0.2) is 27.0 Å². The third kappa shape index (κ3) is 4.18. The molecule has 0 amide bonds. The molecule has 2 aromatic carbocycles. The molecule has 0 radical (unpaired) electrons. The second-order valence-corrected chi connectivity index (χ2v) is 7.24. The summed E-state index contributed by atoms with van der Waals surface area (Å²) in [5.41, 5.74) is 3.49. The van der Waals surface area contributed by atoms with E-state index in [1.807, 2.05) is 30.3 Å². The second kappa shape index (κ2) is 8.58. The van der Waals surface area contributed by atoms with Crippen molar-refractivity contribution >= 4 is 22.4 Å². The Kier molecular flexibility index (Phi) is 5.32. The Hall–Kier alpha value is -4.46. The van der Waals surface area contributed by atoms with Crippen LogP contribution in [0.3, 0.4) is 0 Å². The summed E-state index contributed by atoms with van der Waals surface area (Å²) in [5.74, 6) is -0.333. The Bertz CT molecular complexity index is 1460. The van der Waals surface area contributed by atoms with Gasteiger partial charge in [-0.3, -0.25) is 9.97 Å². The van der Waals surface area contributed by atoms with Gasteiger partial charge in [-0.05, 0) is 48.0 Å². The van der Waals surface area contributed by atoms with Gasteiger partial charge in [-0.15, -0.1) is 0 Å². The summed E-state index contributed by atoms with van der Waals surface area (Å²) >= 11 is 0. The molecule has 0 aliphatic carbocycles. The minimum Gasteiger partial charge on any atom is -0.495 e. The van der Waals surface area contributed by atoms with E-state index < -0.39 is 11.6 Å². The Morgan fingerprint density at radius 1 is 0.788 bits per heavy atom. The molecule has 0 unspecified atom stereocenters. The first-order valence-corrected chi connectivity index (χ1v) is 10.0. The number of rotatable bonds is 5. The largest absolute Gasteiger partial charge is 0.495 e. The molecule has 0 spiro atoms. The maximum absolute atomic E-state index is 13.8. The fraction of sp³-hybridized carbons (Fsp3) is 0.0400. The maximum atomic E-state index is 13.8. The molecule has 0 saturated heterocycles. The van der Waals surface area contributed by atoms with E-state index in [1.165, 1.54) is 6.07 Å². The smallest absolute Gasteiger partial charge is 0.163 e. The predicted octanol–water partition coefficient (Wildman–Crippen LogP) is 5.78. The van der Waals surface area contributed by atoms with Crippen LogP contribution in [0.5, 0.6) is 5.75 Å². The van der Waals surface area contributed by atoms with E-state index in [0.717, 1.165) is 28.8 Å². The standard InChI is InChI=1S/C25H17F2N5O/c1-33-19-9-17(13-29-14-19)15-4-7-23-20(10-15)25(30-18-5-6-21(26)22(27)11-18)32-24(31-23)16-3-2-8-28-12-16/h2-14H,1H3,(H,30,31,32). The highest BCUT2D eigenvalue weighted by Gasteiger charge is 2.13. The van der Waals surface area contributed by atoms with E-state index in [-0.39, 0.29) is 0 Å². The highest BCUT2D eigenvalue weighted by molar-refractivity contribution is 5.95. The van der Waals surface area contributed by atoms with Crippen LogP contribution in [0.15, 0.2) is 79.4 Å². The van der Waals surface area contributed by atoms with Gasteiger partial charge in [0.1, 0.15) is 11.6 Å². The minimum atomic E-state index is -0.950. The lowest BCUT2D eigenvalue weighted by Crippen LogP contribution is -2.00. The lowest BCUT2D eigenvalue weighted by molar-refractivity contribution is 0.413. The first-order valence-electron chi connectivity index (χ1n) is 10.0. The Labute approximate surface area is 188 Å². The van der Waals surface area contributed by atoms with Crippen LogP contribution in [0.1, 0.15) is 0 Å². The van der Waals surface area contributed by atoms with E-state index in [9.17, 15) is 8.78 Å². The molecule has 0 bridgehead atoms. The fourth-order valence-corrected chi connectivity index (χ4v) is 3.43. The van der Waals surface area contributed by atoms with Crippen molar-refractivity contribution < 1.29 is 13.5 Å². The molecule has 0 saturated carbocycles. The summed E-state index contributed by atoms with van der Waals surface area (Å²) in [6, 6.07) is 14.9. The van der Waals surface area contributed by atoms with E-state index in [1.54, 1.807) is 38.0 Å². The molecule has 5 aromatic rings. The molecule has 0 fully saturated rings. The van der Waals surface area contributed by atoms with Gasteiger partial charge in [0.25, 0.3) is 0 Å². The van der Waals surface area contributed by atoms with Crippen LogP contribution in [0.2, 0.25) is 0 Å². The van der Waals surface area contributed by atoms with Gasteiger partial charge in [-0.25, -0.2) is 18.7 Å². The number of ether oxygens (including phenoxy) is 1. The van der Waals surface area contributed by atoms with Gasteiger partial charge in [0.05, 0.1) is 18.8 Å². The molecule has 1 N–H and O–H groups in total. The van der Waals surface area contributed by atoms with Crippen LogP contribution in [0.25, 0.3) is 33.4 Å². The van der Waals surface area contributed by atoms with Crippen LogP contribution in [-0.2, 0) is 0 Å². The lowest BCUT2D eigenvalue weighted by atomic mass is 10.0. The quantitative estimate of drug-likeness (QED) is 0.373. The molecule has 3 aromatic heterocycles. The van der Waals surface area contributed by atoms with Crippen LogP contribution in [0, 0.1) is 11.6 Å². The summed E-state index contributed by atoms with van der Waals surface area (Å²) in [6.45, 7) is 0. The van der Waals surface area contributed by atoms with Gasteiger partial charge in [-0.1, -0.05) is 6.07 Å². The third-order valence-electron chi connectivity index (χ3n) is 5.08. The lowest BCUT2D eigenvalue weighted by Gasteiger charge is -2.13. The molecular formula is C25H17F2N5O. The zero-order valence-corrected chi connectivity index (χ0v) is 17.5. The summed E-state index contributed by atoms with van der Waals surface area (Å²) in [7, 11) is 1.58. The number of nitrogens with one attached hydrogen (secondary N) is 1. The number of anilines is 2. The van der Waals surface area contributed by atoms with Crippen LogP contribution in [0.4, 0.5) is 20.3 Å². The van der Waals surface area contributed by atoms with Crippen LogP contribution < -0.4 is 10.1 Å². The number of nitrogens with zero attached hydrogens (tertiary/aromatic N) is 4. The van der Waals surface area contributed by atoms with Crippen molar-refractivity contribution in [1.29, 1.82) is 0 Å². The number of fused-ring (bicyclic) bond motifs is 1. The van der Waals surface area contributed by atoms with E-state index >= 15 is 0 Å². The zero-order valence-electron chi connectivity index (χ0n) is 17.5. The van der Waals surface area contributed by atoms with Gasteiger partial charge in [-0.2, -0.15) is 0 Å². The molecule has 0 aliphatic heterocycles. The Morgan fingerprint density at radius 3 is 2.45 bits per heavy atom. The van der Waals surface area contributed by atoms with Crippen molar-refractivity contribution in [2.45, 2.75) is 0 Å². The first kappa shape index (κ1) is 20.4. The molecule has 8 heteroatoms.